The molecule has 1 aliphatic rings. The highest BCUT2D eigenvalue weighted by Crippen LogP contribution is 2.26. The molecule has 2 nitrogen and oxygen atoms in total. The number of nitrogens with two attached hydrogens (primary N) is 1. The van der Waals surface area contributed by atoms with Crippen molar-refractivity contribution < 1.29 is 4.39 Å². The fourth-order valence-corrected chi connectivity index (χ4v) is 2.64. The third-order valence-corrected chi connectivity index (χ3v) is 3.80. The van der Waals surface area contributed by atoms with E-state index in [1.807, 2.05) is 6.07 Å². The molecule has 0 aromatic heterocycles. The lowest BCUT2D eigenvalue weighted by atomic mass is 9.96. The highest BCUT2D eigenvalue weighted by atomic mass is 19.1. The van der Waals surface area contributed by atoms with Gasteiger partial charge in [0.2, 0.25) is 0 Å². The molecule has 0 aliphatic heterocycles. The molecule has 1 aliphatic carbocycles. The molecule has 0 spiro atoms. The predicted octanol–water partition coefficient (Wildman–Crippen LogP) is 4.24. The Hall–Kier alpha value is -1.25. The summed E-state index contributed by atoms with van der Waals surface area (Å²) < 4.78 is 13.3. The minimum atomic E-state index is -0.226. The van der Waals surface area contributed by atoms with Crippen molar-refractivity contribution in [2.75, 3.05) is 11.1 Å². The highest BCUT2D eigenvalue weighted by Gasteiger charge is 2.13. The molecule has 3 N–H and O–H groups in total. The Balaban J connectivity index is 2.05. The molecule has 1 aromatic rings. The number of anilines is 2. The fraction of sp³-hybridized carbons (Fsp3) is 0.600. The van der Waals surface area contributed by atoms with E-state index >= 15 is 0 Å². The van der Waals surface area contributed by atoms with E-state index in [1.54, 1.807) is 6.92 Å². The SMILES string of the molecule is Cc1cc(NC2CCCCCCC2)c(N)cc1F. The summed E-state index contributed by atoms with van der Waals surface area (Å²) in [7, 11) is 0. The topological polar surface area (TPSA) is 38.0 Å². The van der Waals surface area contributed by atoms with Crippen LogP contribution >= 0.6 is 0 Å². The number of hydrogen-bond acceptors (Lipinski definition) is 2. The predicted molar refractivity (Wildman–Crippen MR) is 75.3 cm³/mol. The maximum atomic E-state index is 13.3. The van der Waals surface area contributed by atoms with E-state index in [1.165, 1.54) is 51.0 Å². The molecule has 0 amide bonds. The Morgan fingerprint density at radius 2 is 1.72 bits per heavy atom. The molecule has 18 heavy (non-hydrogen) atoms. The van der Waals surface area contributed by atoms with Gasteiger partial charge in [0.05, 0.1) is 11.4 Å². The first kappa shape index (κ1) is 13.2. The number of benzene rings is 1. The van der Waals surface area contributed by atoms with Crippen molar-refractivity contribution in [2.45, 2.75) is 57.9 Å². The zero-order valence-corrected chi connectivity index (χ0v) is 11.1. The second kappa shape index (κ2) is 6.07. The average Bonchev–Trinajstić information content (AvgIpc) is 2.29. The van der Waals surface area contributed by atoms with Gasteiger partial charge in [0.25, 0.3) is 0 Å². The van der Waals surface area contributed by atoms with Gasteiger partial charge in [0, 0.05) is 6.04 Å². The summed E-state index contributed by atoms with van der Waals surface area (Å²) in [6.07, 6.45) is 8.96. The minimum absolute atomic E-state index is 0.226. The van der Waals surface area contributed by atoms with Gasteiger partial charge in [-0.1, -0.05) is 32.1 Å². The highest BCUT2D eigenvalue weighted by molar-refractivity contribution is 5.67. The second-order valence-corrected chi connectivity index (χ2v) is 5.38. The molecule has 100 valence electrons. The van der Waals surface area contributed by atoms with Crippen LogP contribution in [0.2, 0.25) is 0 Å². The maximum Gasteiger partial charge on any atom is 0.128 e. The van der Waals surface area contributed by atoms with Gasteiger partial charge in [-0.05, 0) is 37.5 Å². The number of rotatable bonds is 2. The van der Waals surface area contributed by atoms with Crippen LogP contribution in [0.3, 0.4) is 0 Å². The van der Waals surface area contributed by atoms with E-state index < -0.39 is 0 Å². The van der Waals surface area contributed by atoms with Crippen LogP contribution in [0.4, 0.5) is 15.8 Å². The summed E-state index contributed by atoms with van der Waals surface area (Å²) in [5, 5.41) is 3.49. The van der Waals surface area contributed by atoms with Crippen molar-refractivity contribution >= 4 is 11.4 Å². The largest absolute Gasteiger partial charge is 0.397 e. The molecule has 0 unspecified atom stereocenters. The first-order chi connectivity index (χ1) is 8.66. The van der Waals surface area contributed by atoms with Gasteiger partial charge in [0.1, 0.15) is 5.82 Å². The summed E-state index contributed by atoms with van der Waals surface area (Å²) in [6.45, 7) is 1.78. The third-order valence-electron chi connectivity index (χ3n) is 3.80. The molecule has 0 heterocycles. The molecule has 0 radical (unpaired) electrons. The van der Waals surface area contributed by atoms with Gasteiger partial charge >= 0.3 is 0 Å². The van der Waals surface area contributed by atoms with Gasteiger partial charge in [-0.25, -0.2) is 4.39 Å². The zero-order chi connectivity index (χ0) is 13.0. The van der Waals surface area contributed by atoms with Crippen molar-refractivity contribution in [3.05, 3.63) is 23.5 Å². The molecule has 3 heteroatoms. The van der Waals surface area contributed by atoms with E-state index in [0.29, 0.717) is 17.3 Å². The van der Waals surface area contributed by atoms with Crippen LogP contribution < -0.4 is 11.1 Å². The Morgan fingerprint density at radius 1 is 1.11 bits per heavy atom. The minimum Gasteiger partial charge on any atom is -0.397 e. The molecule has 0 saturated heterocycles. The van der Waals surface area contributed by atoms with Crippen molar-refractivity contribution in [3.8, 4) is 0 Å². The van der Waals surface area contributed by atoms with E-state index in [0.717, 1.165) is 5.69 Å². The zero-order valence-electron chi connectivity index (χ0n) is 11.1. The van der Waals surface area contributed by atoms with Gasteiger partial charge in [-0.3, -0.25) is 0 Å². The number of nitrogen functional groups attached to an aromatic ring is 1. The van der Waals surface area contributed by atoms with E-state index in [2.05, 4.69) is 5.32 Å². The Bertz CT molecular complexity index is 396. The van der Waals surface area contributed by atoms with Crippen LogP contribution in [0.25, 0.3) is 0 Å². The molecular weight excluding hydrogens is 227 g/mol. The maximum absolute atomic E-state index is 13.3. The van der Waals surface area contributed by atoms with Gasteiger partial charge in [-0.15, -0.1) is 0 Å². The summed E-state index contributed by atoms with van der Waals surface area (Å²) in [4.78, 5) is 0. The molecule has 1 aromatic carbocycles. The summed E-state index contributed by atoms with van der Waals surface area (Å²) in [6, 6.07) is 3.72. The smallest absolute Gasteiger partial charge is 0.128 e. The summed E-state index contributed by atoms with van der Waals surface area (Å²) in [5.41, 5.74) is 7.93. The molecule has 1 saturated carbocycles. The van der Waals surface area contributed by atoms with Gasteiger partial charge in [0.15, 0.2) is 0 Å². The number of hydrogen-bond donors (Lipinski definition) is 2. The number of nitrogens with one attached hydrogen (secondary N) is 1. The number of halogens is 1. The average molecular weight is 250 g/mol. The second-order valence-electron chi connectivity index (χ2n) is 5.38. The van der Waals surface area contributed by atoms with Crippen molar-refractivity contribution in [3.63, 3.8) is 0 Å². The van der Waals surface area contributed by atoms with Crippen molar-refractivity contribution in [1.29, 1.82) is 0 Å². The first-order valence-electron chi connectivity index (χ1n) is 6.99. The lowest BCUT2D eigenvalue weighted by Crippen LogP contribution is -2.21. The molecule has 1 fully saturated rings. The van der Waals surface area contributed by atoms with E-state index in [-0.39, 0.29) is 5.82 Å². The van der Waals surface area contributed by atoms with Crippen LogP contribution in [0.5, 0.6) is 0 Å². The number of aryl methyl sites for hydroxylation is 1. The van der Waals surface area contributed by atoms with Crippen LogP contribution in [0, 0.1) is 12.7 Å². The first-order valence-corrected chi connectivity index (χ1v) is 6.99. The van der Waals surface area contributed by atoms with Crippen LogP contribution in [0.1, 0.15) is 50.5 Å². The Labute approximate surface area is 109 Å². The normalized spacial score (nSPS) is 18.1. The Morgan fingerprint density at radius 3 is 2.39 bits per heavy atom. The quantitative estimate of drug-likeness (QED) is 0.770. The molecular formula is C15H23FN2. The van der Waals surface area contributed by atoms with Gasteiger partial charge in [-0.2, -0.15) is 0 Å². The third kappa shape index (κ3) is 3.37. The van der Waals surface area contributed by atoms with Crippen molar-refractivity contribution in [2.24, 2.45) is 0 Å². The van der Waals surface area contributed by atoms with E-state index in [9.17, 15) is 4.39 Å². The fourth-order valence-electron chi connectivity index (χ4n) is 2.64. The van der Waals surface area contributed by atoms with Crippen LogP contribution in [-0.4, -0.2) is 6.04 Å². The summed E-state index contributed by atoms with van der Waals surface area (Å²) in [5.74, 6) is -0.226. The monoisotopic (exact) mass is 250 g/mol. The van der Waals surface area contributed by atoms with E-state index in [4.69, 9.17) is 5.73 Å². The lowest BCUT2D eigenvalue weighted by Gasteiger charge is -2.23. The van der Waals surface area contributed by atoms with Crippen LogP contribution in [-0.2, 0) is 0 Å². The van der Waals surface area contributed by atoms with Gasteiger partial charge < -0.3 is 11.1 Å². The van der Waals surface area contributed by atoms with Crippen molar-refractivity contribution in [1.82, 2.24) is 0 Å². The van der Waals surface area contributed by atoms with Crippen LogP contribution in [0.15, 0.2) is 12.1 Å². The molecule has 0 bridgehead atoms. The molecule has 2 rings (SSSR count). The molecule has 0 atom stereocenters. The lowest BCUT2D eigenvalue weighted by molar-refractivity contribution is 0.471. The summed E-state index contributed by atoms with van der Waals surface area (Å²) >= 11 is 0. The standard InChI is InChI=1S/C15H23FN2/c1-11-9-15(14(17)10-13(11)16)18-12-7-5-3-2-4-6-8-12/h9-10,12,18H,2-8,17H2,1H3. The Kier molecular flexibility index (Phi) is 4.45.